The molecule has 27 heavy (non-hydrogen) atoms. The first kappa shape index (κ1) is 19.4. The lowest BCUT2D eigenvalue weighted by molar-refractivity contribution is -0.111. The topological polar surface area (TPSA) is 55.4 Å². The zero-order chi connectivity index (χ0) is 19.4. The number of esters is 1. The van der Waals surface area contributed by atoms with E-state index in [4.69, 9.17) is 4.74 Å². The Balaban J connectivity index is 1.80. The molecule has 0 aliphatic heterocycles. The number of carbonyl (C=O) groups is 2. The molecule has 1 aliphatic rings. The van der Waals surface area contributed by atoms with Gasteiger partial charge in [-0.05, 0) is 63.7 Å². The third kappa shape index (κ3) is 4.86. The highest BCUT2D eigenvalue weighted by molar-refractivity contribution is 7.17. The summed E-state index contributed by atoms with van der Waals surface area (Å²) in [6.07, 6.45) is 7.08. The van der Waals surface area contributed by atoms with E-state index in [2.05, 4.69) is 5.32 Å². The second-order valence-electron chi connectivity index (χ2n) is 7.10. The summed E-state index contributed by atoms with van der Waals surface area (Å²) < 4.78 is 5.42. The van der Waals surface area contributed by atoms with Crippen molar-refractivity contribution in [3.05, 3.63) is 57.5 Å². The Morgan fingerprint density at radius 1 is 1.15 bits per heavy atom. The first-order valence-corrected chi connectivity index (χ1v) is 10.2. The van der Waals surface area contributed by atoms with Gasteiger partial charge >= 0.3 is 5.97 Å². The molecule has 4 nitrogen and oxygen atoms in total. The Labute approximate surface area is 164 Å². The number of nitrogens with one attached hydrogen (secondary N) is 1. The Morgan fingerprint density at radius 2 is 1.85 bits per heavy atom. The fourth-order valence-electron chi connectivity index (χ4n) is 3.15. The summed E-state index contributed by atoms with van der Waals surface area (Å²) in [6, 6.07) is 7.94. The van der Waals surface area contributed by atoms with Crippen molar-refractivity contribution in [3.8, 4) is 0 Å². The molecule has 1 aliphatic carbocycles. The number of hydrogen-bond donors (Lipinski definition) is 1. The molecule has 0 atom stereocenters. The fraction of sp³-hybridized carbons (Fsp3) is 0.364. The van der Waals surface area contributed by atoms with E-state index in [9.17, 15) is 9.59 Å². The summed E-state index contributed by atoms with van der Waals surface area (Å²) in [6.45, 7) is 5.69. The third-order valence-corrected chi connectivity index (χ3v) is 5.67. The Hall–Kier alpha value is -2.40. The average Bonchev–Trinajstić information content (AvgIpc) is 2.98. The number of thiophene rings is 1. The molecule has 1 heterocycles. The standard InChI is InChI=1S/C22H25NO3S/c1-14(2)26-22(25)20-17-6-4-5-7-18(17)27-21(20)23-19(24)13-12-16-10-8-15(3)9-11-16/h8-14H,4-7H2,1-3H3,(H,23,24). The van der Waals surface area contributed by atoms with Crippen molar-refractivity contribution in [2.24, 2.45) is 0 Å². The number of amides is 1. The lowest BCUT2D eigenvalue weighted by Gasteiger charge is -2.14. The van der Waals surface area contributed by atoms with Gasteiger partial charge in [0.25, 0.3) is 0 Å². The zero-order valence-corrected chi connectivity index (χ0v) is 16.8. The minimum absolute atomic E-state index is 0.193. The summed E-state index contributed by atoms with van der Waals surface area (Å²) in [7, 11) is 0. The molecule has 1 aromatic heterocycles. The van der Waals surface area contributed by atoms with Crippen LogP contribution in [0.15, 0.2) is 30.3 Å². The van der Waals surface area contributed by atoms with Crippen LogP contribution in [0, 0.1) is 6.92 Å². The molecule has 1 N–H and O–H groups in total. The average molecular weight is 384 g/mol. The summed E-state index contributed by atoms with van der Waals surface area (Å²) in [5.41, 5.74) is 3.73. The molecule has 0 unspecified atom stereocenters. The van der Waals surface area contributed by atoms with Crippen LogP contribution in [0.2, 0.25) is 0 Å². The molecule has 142 valence electrons. The van der Waals surface area contributed by atoms with Crippen LogP contribution >= 0.6 is 11.3 Å². The number of ether oxygens (including phenoxy) is 1. The van der Waals surface area contributed by atoms with Gasteiger partial charge in [0, 0.05) is 11.0 Å². The Bertz CT molecular complexity index is 862. The van der Waals surface area contributed by atoms with Crippen molar-refractivity contribution in [2.75, 3.05) is 5.32 Å². The second-order valence-corrected chi connectivity index (χ2v) is 8.21. The molecular formula is C22H25NO3S. The van der Waals surface area contributed by atoms with Crippen LogP contribution in [0.1, 0.15) is 58.6 Å². The Kier molecular flexibility index (Phi) is 6.11. The van der Waals surface area contributed by atoms with E-state index in [0.717, 1.165) is 36.8 Å². The normalized spacial score (nSPS) is 13.6. The van der Waals surface area contributed by atoms with Crippen molar-refractivity contribution in [1.82, 2.24) is 0 Å². The SMILES string of the molecule is Cc1ccc(C=CC(=O)Nc2sc3c(c2C(=O)OC(C)C)CCCC3)cc1. The maximum atomic E-state index is 12.6. The number of carbonyl (C=O) groups excluding carboxylic acids is 2. The summed E-state index contributed by atoms with van der Waals surface area (Å²) in [4.78, 5) is 26.2. The molecule has 0 bridgehead atoms. The van der Waals surface area contributed by atoms with Crippen LogP contribution < -0.4 is 5.32 Å². The van der Waals surface area contributed by atoms with E-state index in [1.807, 2.05) is 45.0 Å². The number of rotatable bonds is 5. The number of anilines is 1. The van der Waals surface area contributed by atoms with Gasteiger partial charge in [-0.1, -0.05) is 29.8 Å². The molecule has 0 spiro atoms. The monoisotopic (exact) mass is 383 g/mol. The van der Waals surface area contributed by atoms with Crippen molar-refractivity contribution in [2.45, 2.75) is 52.6 Å². The predicted molar refractivity (Wildman–Crippen MR) is 110 cm³/mol. The molecule has 0 fully saturated rings. The smallest absolute Gasteiger partial charge is 0.341 e. The maximum Gasteiger partial charge on any atom is 0.341 e. The minimum atomic E-state index is -0.345. The van der Waals surface area contributed by atoms with Crippen LogP contribution in [-0.4, -0.2) is 18.0 Å². The lowest BCUT2D eigenvalue weighted by atomic mass is 9.95. The molecule has 0 radical (unpaired) electrons. The third-order valence-electron chi connectivity index (χ3n) is 4.46. The number of benzene rings is 1. The fourth-order valence-corrected chi connectivity index (χ4v) is 4.43. The number of fused-ring (bicyclic) bond motifs is 1. The quantitative estimate of drug-likeness (QED) is 0.574. The van der Waals surface area contributed by atoms with Gasteiger partial charge < -0.3 is 10.1 Å². The van der Waals surface area contributed by atoms with Gasteiger partial charge in [0.05, 0.1) is 11.7 Å². The van der Waals surface area contributed by atoms with Gasteiger partial charge in [-0.3, -0.25) is 4.79 Å². The zero-order valence-electron chi connectivity index (χ0n) is 16.0. The molecule has 0 saturated carbocycles. The molecule has 5 heteroatoms. The van der Waals surface area contributed by atoms with Crippen molar-refractivity contribution < 1.29 is 14.3 Å². The van der Waals surface area contributed by atoms with Crippen LogP contribution in [0.3, 0.4) is 0 Å². The van der Waals surface area contributed by atoms with Crippen LogP contribution in [-0.2, 0) is 22.4 Å². The van der Waals surface area contributed by atoms with Gasteiger partial charge in [0.1, 0.15) is 5.00 Å². The van der Waals surface area contributed by atoms with E-state index >= 15 is 0 Å². The van der Waals surface area contributed by atoms with Crippen LogP contribution in [0.5, 0.6) is 0 Å². The summed E-state index contributed by atoms with van der Waals surface area (Å²) in [5, 5.41) is 3.50. The van der Waals surface area contributed by atoms with Crippen molar-refractivity contribution >= 4 is 34.3 Å². The molecule has 1 amide bonds. The van der Waals surface area contributed by atoms with Crippen LogP contribution in [0.25, 0.3) is 6.08 Å². The first-order chi connectivity index (χ1) is 12.9. The summed E-state index contributed by atoms with van der Waals surface area (Å²) in [5.74, 6) is -0.588. The van der Waals surface area contributed by atoms with E-state index in [1.165, 1.54) is 27.9 Å². The first-order valence-electron chi connectivity index (χ1n) is 9.35. The number of hydrogen-bond acceptors (Lipinski definition) is 4. The number of aryl methyl sites for hydroxylation is 2. The van der Waals surface area contributed by atoms with E-state index in [1.54, 1.807) is 6.08 Å². The summed E-state index contributed by atoms with van der Waals surface area (Å²) >= 11 is 1.50. The van der Waals surface area contributed by atoms with Gasteiger partial charge in [-0.25, -0.2) is 4.79 Å². The molecule has 1 aromatic carbocycles. The van der Waals surface area contributed by atoms with Gasteiger partial charge in [0.2, 0.25) is 5.91 Å². The van der Waals surface area contributed by atoms with Gasteiger partial charge in [-0.2, -0.15) is 0 Å². The molecular weight excluding hydrogens is 358 g/mol. The highest BCUT2D eigenvalue weighted by atomic mass is 32.1. The second kappa shape index (κ2) is 8.53. The molecule has 3 rings (SSSR count). The minimum Gasteiger partial charge on any atom is -0.459 e. The lowest BCUT2D eigenvalue weighted by Crippen LogP contribution is -2.17. The van der Waals surface area contributed by atoms with Crippen molar-refractivity contribution in [3.63, 3.8) is 0 Å². The molecule has 0 saturated heterocycles. The molecule has 2 aromatic rings. The van der Waals surface area contributed by atoms with Gasteiger partial charge in [0.15, 0.2) is 0 Å². The van der Waals surface area contributed by atoms with E-state index in [0.29, 0.717) is 10.6 Å². The van der Waals surface area contributed by atoms with Gasteiger partial charge in [-0.15, -0.1) is 11.3 Å². The highest BCUT2D eigenvalue weighted by Gasteiger charge is 2.27. The maximum absolute atomic E-state index is 12.6. The highest BCUT2D eigenvalue weighted by Crippen LogP contribution is 2.38. The van der Waals surface area contributed by atoms with Crippen LogP contribution in [0.4, 0.5) is 5.00 Å². The largest absolute Gasteiger partial charge is 0.459 e. The van der Waals surface area contributed by atoms with E-state index in [-0.39, 0.29) is 18.0 Å². The van der Waals surface area contributed by atoms with E-state index < -0.39 is 0 Å². The Morgan fingerprint density at radius 3 is 2.56 bits per heavy atom. The predicted octanol–water partition coefficient (Wildman–Crippen LogP) is 5.15. The van der Waals surface area contributed by atoms with Crippen molar-refractivity contribution in [1.29, 1.82) is 0 Å².